The van der Waals surface area contributed by atoms with Gasteiger partial charge in [-0.1, -0.05) is 6.08 Å². The molecule has 0 radical (unpaired) electrons. The lowest BCUT2D eigenvalue weighted by Gasteiger charge is -2.01. The molecule has 0 aromatic heterocycles. The van der Waals surface area contributed by atoms with Gasteiger partial charge in [-0.15, -0.1) is 6.58 Å². The van der Waals surface area contributed by atoms with Gasteiger partial charge in [0, 0.05) is 6.42 Å². The number of aliphatic hydroxyl groups is 1. The van der Waals surface area contributed by atoms with Gasteiger partial charge >= 0.3 is 0 Å². The number of hydrogen-bond donors (Lipinski definition) is 1. The second-order valence-electron chi connectivity index (χ2n) is 1.94. The molecule has 0 bridgehead atoms. The van der Waals surface area contributed by atoms with Gasteiger partial charge in [0.2, 0.25) is 0 Å². The highest BCUT2D eigenvalue weighted by Gasteiger charge is 2.19. The predicted molar refractivity (Wildman–Crippen MR) is 30.3 cm³/mol. The van der Waals surface area contributed by atoms with Gasteiger partial charge in [-0.25, -0.2) is 0 Å². The van der Waals surface area contributed by atoms with Crippen LogP contribution in [0.15, 0.2) is 12.7 Å². The average Bonchev–Trinajstić information content (AvgIpc) is 2.14. The standard InChI is InChI=1S/C6H10O2/c1-2-5-3-4-6(7)8-5/h2,5-7H,1,3-4H2/t5-,6-/m1/s1. The maximum Gasteiger partial charge on any atom is 0.155 e. The van der Waals surface area contributed by atoms with E-state index in [0.29, 0.717) is 0 Å². The van der Waals surface area contributed by atoms with Crippen LogP contribution in [0.2, 0.25) is 0 Å². The minimum Gasteiger partial charge on any atom is -0.368 e. The molecular weight excluding hydrogens is 104 g/mol. The van der Waals surface area contributed by atoms with Crippen LogP contribution in [0.5, 0.6) is 0 Å². The number of ether oxygens (including phenoxy) is 1. The molecule has 1 fully saturated rings. The Labute approximate surface area is 48.8 Å². The first-order chi connectivity index (χ1) is 3.83. The monoisotopic (exact) mass is 114 g/mol. The maximum absolute atomic E-state index is 8.76. The van der Waals surface area contributed by atoms with Gasteiger partial charge in [-0.05, 0) is 6.42 Å². The largest absolute Gasteiger partial charge is 0.368 e. The second kappa shape index (κ2) is 2.29. The maximum atomic E-state index is 8.76. The van der Waals surface area contributed by atoms with Gasteiger partial charge in [0.25, 0.3) is 0 Å². The van der Waals surface area contributed by atoms with Gasteiger partial charge in [0.05, 0.1) is 6.10 Å². The van der Waals surface area contributed by atoms with Crippen molar-refractivity contribution in [3.63, 3.8) is 0 Å². The molecule has 1 heterocycles. The molecule has 2 heteroatoms. The molecule has 0 unspecified atom stereocenters. The summed E-state index contributed by atoms with van der Waals surface area (Å²) >= 11 is 0. The van der Waals surface area contributed by atoms with Gasteiger partial charge in [0.15, 0.2) is 6.29 Å². The highest BCUT2D eigenvalue weighted by Crippen LogP contribution is 2.17. The van der Waals surface area contributed by atoms with Crippen LogP contribution in [0.25, 0.3) is 0 Å². The van der Waals surface area contributed by atoms with Crippen molar-refractivity contribution in [3.05, 3.63) is 12.7 Å². The fourth-order valence-corrected chi connectivity index (χ4v) is 0.818. The molecule has 1 saturated heterocycles. The SMILES string of the molecule is C=C[C@@H]1CC[C@H](O)O1. The summed E-state index contributed by atoms with van der Waals surface area (Å²) in [7, 11) is 0. The summed E-state index contributed by atoms with van der Waals surface area (Å²) in [6, 6.07) is 0. The van der Waals surface area contributed by atoms with Crippen LogP contribution in [0.3, 0.4) is 0 Å². The van der Waals surface area contributed by atoms with E-state index in [4.69, 9.17) is 9.84 Å². The lowest BCUT2D eigenvalue weighted by atomic mass is 10.2. The molecule has 2 atom stereocenters. The first kappa shape index (κ1) is 5.79. The first-order valence-corrected chi connectivity index (χ1v) is 2.79. The summed E-state index contributed by atoms with van der Waals surface area (Å²) in [6.45, 7) is 3.54. The fourth-order valence-electron chi connectivity index (χ4n) is 0.818. The quantitative estimate of drug-likeness (QED) is 0.508. The zero-order valence-corrected chi connectivity index (χ0v) is 4.71. The van der Waals surface area contributed by atoms with Crippen LogP contribution < -0.4 is 0 Å². The average molecular weight is 114 g/mol. The molecule has 0 spiro atoms. The summed E-state index contributed by atoms with van der Waals surface area (Å²) in [5.74, 6) is 0. The zero-order valence-electron chi connectivity index (χ0n) is 4.71. The number of rotatable bonds is 1. The van der Waals surface area contributed by atoms with Gasteiger partial charge in [-0.2, -0.15) is 0 Å². The molecular formula is C6H10O2. The van der Waals surface area contributed by atoms with Crippen molar-refractivity contribution in [2.45, 2.75) is 25.2 Å². The van der Waals surface area contributed by atoms with E-state index in [1.54, 1.807) is 6.08 Å². The lowest BCUT2D eigenvalue weighted by molar-refractivity contribution is -0.0777. The normalized spacial score (nSPS) is 37.6. The minimum atomic E-state index is -0.544. The molecule has 1 N–H and O–H groups in total. The van der Waals surface area contributed by atoms with Crippen molar-refractivity contribution in [1.29, 1.82) is 0 Å². The molecule has 2 nitrogen and oxygen atoms in total. The Balaban J connectivity index is 2.32. The van der Waals surface area contributed by atoms with E-state index in [9.17, 15) is 0 Å². The molecule has 0 aromatic carbocycles. The summed E-state index contributed by atoms with van der Waals surface area (Å²) < 4.78 is 4.95. The second-order valence-corrected chi connectivity index (χ2v) is 1.94. The lowest BCUT2D eigenvalue weighted by Crippen LogP contribution is -2.06. The van der Waals surface area contributed by atoms with Gasteiger partial charge in [0.1, 0.15) is 0 Å². The molecule has 0 aliphatic carbocycles. The summed E-state index contributed by atoms with van der Waals surface area (Å²) in [4.78, 5) is 0. The van der Waals surface area contributed by atoms with Crippen LogP contribution in [0.4, 0.5) is 0 Å². The Bertz CT molecular complexity index is 90.5. The van der Waals surface area contributed by atoms with E-state index in [1.165, 1.54) is 0 Å². The van der Waals surface area contributed by atoms with Crippen molar-refractivity contribution in [3.8, 4) is 0 Å². The highest BCUT2D eigenvalue weighted by molar-refractivity contribution is 4.83. The topological polar surface area (TPSA) is 29.5 Å². The van der Waals surface area contributed by atoms with Crippen molar-refractivity contribution in [2.24, 2.45) is 0 Å². The van der Waals surface area contributed by atoms with Crippen LogP contribution in [-0.4, -0.2) is 17.5 Å². The van der Waals surface area contributed by atoms with E-state index in [1.807, 2.05) is 0 Å². The Hall–Kier alpha value is -0.340. The molecule has 0 aromatic rings. The molecule has 1 aliphatic heterocycles. The summed E-state index contributed by atoms with van der Waals surface area (Å²) in [6.07, 6.45) is 2.92. The third-order valence-corrected chi connectivity index (χ3v) is 1.29. The number of hydrogen-bond acceptors (Lipinski definition) is 2. The van der Waals surface area contributed by atoms with E-state index >= 15 is 0 Å². The summed E-state index contributed by atoms with van der Waals surface area (Å²) in [5, 5.41) is 8.76. The third kappa shape index (κ3) is 1.08. The zero-order chi connectivity index (χ0) is 5.98. The first-order valence-electron chi connectivity index (χ1n) is 2.79. The Morgan fingerprint density at radius 3 is 2.62 bits per heavy atom. The van der Waals surface area contributed by atoms with Crippen LogP contribution in [0, 0.1) is 0 Å². The van der Waals surface area contributed by atoms with E-state index < -0.39 is 6.29 Å². The Morgan fingerprint density at radius 2 is 2.38 bits per heavy atom. The van der Waals surface area contributed by atoms with Crippen LogP contribution >= 0.6 is 0 Å². The molecule has 46 valence electrons. The molecule has 1 rings (SSSR count). The van der Waals surface area contributed by atoms with E-state index in [-0.39, 0.29) is 6.10 Å². The third-order valence-electron chi connectivity index (χ3n) is 1.29. The van der Waals surface area contributed by atoms with Gasteiger partial charge in [-0.3, -0.25) is 0 Å². The highest BCUT2D eigenvalue weighted by atomic mass is 16.6. The van der Waals surface area contributed by atoms with Crippen molar-refractivity contribution in [2.75, 3.05) is 0 Å². The fraction of sp³-hybridized carbons (Fsp3) is 0.667. The molecule has 0 saturated carbocycles. The molecule has 1 aliphatic rings. The van der Waals surface area contributed by atoms with Crippen molar-refractivity contribution < 1.29 is 9.84 Å². The van der Waals surface area contributed by atoms with Crippen LogP contribution in [-0.2, 0) is 4.74 Å². The van der Waals surface area contributed by atoms with Crippen molar-refractivity contribution in [1.82, 2.24) is 0 Å². The van der Waals surface area contributed by atoms with Crippen molar-refractivity contribution >= 4 is 0 Å². The predicted octanol–water partition coefficient (Wildman–Crippen LogP) is 0.670. The van der Waals surface area contributed by atoms with Crippen LogP contribution in [0.1, 0.15) is 12.8 Å². The number of aliphatic hydroxyl groups excluding tert-OH is 1. The van der Waals surface area contributed by atoms with E-state index in [0.717, 1.165) is 12.8 Å². The molecule has 8 heavy (non-hydrogen) atoms. The Morgan fingerprint density at radius 1 is 1.62 bits per heavy atom. The minimum absolute atomic E-state index is 0.0880. The summed E-state index contributed by atoms with van der Waals surface area (Å²) in [5.41, 5.74) is 0. The van der Waals surface area contributed by atoms with Gasteiger partial charge < -0.3 is 9.84 Å². The Kier molecular flexibility index (Phi) is 1.65. The molecule has 0 amide bonds. The van der Waals surface area contributed by atoms with E-state index in [2.05, 4.69) is 6.58 Å². The smallest absolute Gasteiger partial charge is 0.155 e.